The number of amides is 2. The normalized spacial score (nSPS) is 25.4. The lowest BCUT2D eigenvalue weighted by atomic mass is 9.88. The van der Waals surface area contributed by atoms with Crippen LogP contribution in [-0.2, 0) is 20.9 Å². The predicted octanol–water partition coefficient (Wildman–Crippen LogP) is 3.49. The van der Waals surface area contributed by atoms with Crippen molar-refractivity contribution in [2.75, 3.05) is 6.61 Å². The molecule has 2 atom stereocenters. The zero-order chi connectivity index (χ0) is 19.8. The quantitative estimate of drug-likeness (QED) is 0.646. The standard InChI is InChI=1S/C24H22N2O3/c27-22-11-10-21(23(28)25-22)20-5-3-4-19(14-20)18-8-6-17(7-9-18)15-26-13-2-1-12-24(26)16-29-24/h1-9,12-14,21H,10-11,15-16H2,(H,25,27,28). The van der Waals surface area contributed by atoms with Gasteiger partial charge >= 0.3 is 0 Å². The molecule has 1 spiro atoms. The van der Waals surface area contributed by atoms with Crippen LogP contribution in [0.4, 0.5) is 0 Å². The molecule has 2 saturated heterocycles. The Kier molecular flexibility index (Phi) is 4.32. The average molecular weight is 386 g/mol. The van der Waals surface area contributed by atoms with Gasteiger partial charge in [-0.05, 0) is 40.8 Å². The summed E-state index contributed by atoms with van der Waals surface area (Å²) in [6, 6.07) is 16.5. The number of allylic oxidation sites excluding steroid dienone is 2. The van der Waals surface area contributed by atoms with Gasteiger partial charge in [0.25, 0.3) is 0 Å². The van der Waals surface area contributed by atoms with Gasteiger partial charge in [0.1, 0.15) is 6.61 Å². The number of carbonyl (C=O) groups is 2. The van der Waals surface area contributed by atoms with Gasteiger partial charge in [0.15, 0.2) is 5.72 Å². The molecule has 2 aromatic rings. The Bertz CT molecular complexity index is 1020. The second kappa shape index (κ2) is 7.01. The summed E-state index contributed by atoms with van der Waals surface area (Å²) in [6.45, 7) is 1.52. The van der Waals surface area contributed by atoms with Gasteiger partial charge in [-0.2, -0.15) is 0 Å². The summed E-state index contributed by atoms with van der Waals surface area (Å²) in [6.07, 6.45) is 9.19. The zero-order valence-corrected chi connectivity index (χ0v) is 16.0. The van der Waals surface area contributed by atoms with E-state index in [0.29, 0.717) is 12.8 Å². The van der Waals surface area contributed by atoms with Gasteiger partial charge in [-0.1, -0.05) is 54.6 Å². The highest BCUT2D eigenvalue weighted by atomic mass is 16.6. The van der Waals surface area contributed by atoms with Crippen LogP contribution in [-0.4, -0.2) is 29.0 Å². The molecule has 2 aromatic carbocycles. The first-order valence-corrected chi connectivity index (χ1v) is 9.93. The highest BCUT2D eigenvalue weighted by Crippen LogP contribution is 2.36. The number of hydrogen-bond acceptors (Lipinski definition) is 4. The summed E-state index contributed by atoms with van der Waals surface area (Å²) < 4.78 is 5.64. The van der Waals surface area contributed by atoms with E-state index in [-0.39, 0.29) is 23.5 Å². The first-order valence-electron chi connectivity index (χ1n) is 9.93. The number of nitrogens with one attached hydrogen (secondary N) is 1. The number of carbonyl (C=O) groups excluding carboxylic acids is 2. The number of ether oxygens (including phenoxy) is 1. The number of imide groups is 1. The molecular formula is C24H22N2O3. The van der Waals surface area contributed by atoms with E-state index < -0.39 is 0 Å². The first-order chi connectivity index (χ1) is 14.1. The molecule has 0 bridgehead atoms. The fraction of sp³-hybridized carbons (Fsp3) is 0.250. The van der Waals surface area contributed by atoms with E-state index in [1.54, 1.807) is 0 Å². The summed E-state index contributed by atoms with van der Waals surface area (Å²) in [4.78, 5) is 25.8. The van der Waals surface area contributed by atoms with E-state index in [4.69, 9.17) is 4.74 Å². The van der Waals surface area contributed by atoms with Gasteiger partial charge < -0.3 is 9.64 Å². The Hall–Kier alpha value is -3.18. The van der Waals surface area contributed by atoms with Crippen molar-refractivity contribution in [3.63, 3.8) is 0 Å². The average Bonchev–Trinajstić information content (AvgIpc) is 3.51. The molecule has 3 heterocycles. The van der Waals surface area contributed by atoms with Crippen molar-refractivity contribution in [1.82, 2.24) is 10.2 Å². The molecule has 146 valence electrons. The third kappa shape index (κ3) is 3.49. The molecule has 3 aliphatic rings. The second-order valence-electron chi connectivity index (χ2n) is 7.79. The summed E-state index contributed by atoms with van der Waals surface area (Å²) in [7, 11) is 0. The van der Waals surface area contributed by atoms with Gasteiger partial charge in [0, 0.05) is 19.2 Å². The van der Waals surface area contributed by atoms with Crippen molar-refractivity contribution >= 4 is 11.8 Å². The van der Waals surface area contributed by atoms with Crippen LogP contribution in [0.5, 0.6) is 0 Å². The molecule has 2 unspecified atom stereocenters. The smallest absolute Gasteiger partial charge is 0.234 e. The lowest BCUT2D eigenvalue weighted by molar-refractivity contribution is -0.134. The third-order valence-electron chi connectivity index (χ3n) is 5.83. The monoisotopic (exact) mass is 386 g/mol. The Morgan fingerprint density at radius 1 is 1.07 bits per heavy atom. The molecule has 5 nitrogen and oxygen atoms in total. The SMILES string of the molecule is O=C1CCC(c2cccc(-c3ccc(CN4C=CC=CC45CO5)cc3)c2)C(=O)N1. The maximum atomic E-state index is 12.2. The van der Waals surface area contributed by atoms with Gasteiger partial charge in [0.05, 0.1) is 5.92 Å². The van der Waals surface area contributed by atoms with Crippen molar-refractivity contribution in [2.45, 2.75) is 31.0 Å². The lowest BCUT2D eigenvalue weighted by Crippen LogP contribution is -2.39. The van der Waals surface area contributed by atoms with E-state index in [1.165, 1.54) is 5.56 Å². The maximum Gasteiger partial charge on any atom is 0.234 e. The summed E-state index contributed by atoms with van der Waals surface area (Å²) in [5, 5.41) is 2.44. The minimum atomic E-state index is -0.263. The van der Waals surface area contributed by atoms with Crippen molar-refractivity contribution in [3.8, 4) is 11.1 Å². The van der Waals surface area contributed by atoms with E-state index >= 15 is 0 Å². The van der Waals surface area contributed by atoms with Gasteiger partial charge in [-0.3, -0.25) is 14.9 Å². The Morgan fingerprint density at radius 2 is 1.90 bits per heavy atom. The molecule has 29 heavy (non-hydrogen) atoms. The minimum absolute atomic E-state index is 0.185. The number of nitrogens with zero attached hydrogens (tertiary/aromatic N) is 1. The molecule has 0 saturated carbocycles. The van der Waals surface area contributed by atoms with Crippen LogP contribution in [0.25, 0.3) is 11.1 Å². The number of epoxide rings is 1. The Morgan fingerprint density at radius 3 is 2.66 bits per heavy atom. The van der Waals surface area contributed by atoms with Crippen molar-refractivity contribution in [3.05, 3.63) is 84.1 Å². The van der Waals surface area contributed by atoms with Crippen LogP contribution in [0.2, 0.25) is 0 Å². The Balaban J connectivity index is 1.33. The summed E-state index contributed by atoms with van der Waals surface area (Å²) >= 11 is 0. The molecule has 2 fully saturated rings. The molecule has 5 heteroatoms. The molecule has 2 amide bonds. The second-order valence-corrected chi connectivity index (χ2v) is 7.79. The lowest BCUT2D eigenvalue weighted by Gasteiger charge is -2.27. The molecular weight excluding hydrogens is 364 g/mol. The third-order valence-corrected chi connectivity index (χ3v) is 5.83. The summed E-state index contributed by atoms with van der Waals surface area (Å²) in [5.41, 5.74) is 4.10. The van der Waals surface area contributed by atoms with Crippen molar-refractivity contribution < 1.29 is 14.3 Å². The van der Waals surface area contributed by atoms with E-state index in [2.05, 4.69) is 58.9 Å². The molecule has 0 aromatic heterocycles. The molecule has 0 aliphatic carbocycles. The van der Waals surface area contributed by atoms with Crippen LogP contribution < -0.4 is 5.32 Å². The van der Waals surface area contributed by atoms with E-state index in [9.17, 15) is 9.59 Å². The van der Waals surface area contributed by atoms with Crippen LogP contribution in [0.15, 0.2) is 73.0 Å². The first kappa shape index (κ1) is 17.9. The van der Waals surface area contributed by atoms with Crippen LogP contribution in [0, 0.1) is 0 Å². The largest absolute Gasteiger partial charge is 0.344 e. The number of rotatable bonds is 4. The molecule has 0 radical (unpaired) electrons. The molecule has 5 rings (SSSR count). The highest BCUT2D eigenvalue weighted by molar-refractivity contribution is 6.01. The molecule has 3 aliphatic heterocycles. The van der Waals surface area contributed by atoms with E-state index in [0.717, 1.165) is 29.8 Å². The number of piperidine rings is 1. The predicted molar refractivity (Wildman–Crippen MR) is 110 cm³/mol. The van der Waals surface area contributed by atoms with Crippen LogP contribution >= 0.6 is 0 Å². The van der Waals surface area contributed by atoms with E-state index in [1.807, 2.05) is 24.3 Å². The Labute approximate surface area is 169 Å². The number of benzene rings is 2. The highest BCUT2D eigenvalue weighted by Gasteiger charge is 2.47. The van der Waals surface area contributed by atoms with Gasteiger partial charge in [0.2, 0.25) is 11.8 Å². The van der Waals surface area contributed by atoms with Crippen LogP contribution in [0.3, 0.4) is 0 Å². The number of hydrogen-bond donors (Lipinski definition) is 1. The van der Waals surface area contributed by atoms with Crippen molar-refractivity contribution in [1.29, 1.82) is 0 Å². The van der Waals surface area contributed by atoms with Crippen molar-refractivity contribution in [2.24, 2.45) is 0 Å². The fourth-order valence-electron chi connectivity index (χ4n) is 4.05. The molecule has 1 N–H and O–H groups in total. The van der Waals surface area contributed by atoms with Gasteiger partial charge in [-0.15, -0.1) is 0 Å². The fourth-order valence-corrected chi connectivity index (χ4v) is 4.05. The zero-order valence-electron chi connectivity index (χ0n) is 16.0. The summed E-state index contributed by atoms with van der Waals surface area (Å²) in [5.74, 6) is -0.649. The van der Waals surface area contributed by atoms with Gasteiger partial charge in [-0.25, -0.2) is 0 Å². The minimum Gasteiger partial charge on any atom is -0.344 e. The topological polar surface area (TPSA) is 61.9 Å². The van der Waals surface area contributed by atoms with Crippen LogP contribution in [0.1, 0.15) is 29.9 Å². The maximum absolute atomic E-state index is 12.2.